The predicted molar refractivity (Wildman–Crippen MR) is 184 cm³/mol. The van der Waals surface area contributed by atoms with Crippen LogP contribution in [0.4, 0.5) is 0 Å². The lowest BCUT2D eigenvalue weighted by atomic mass is 9.28. The number of rotatable bonds is 8. The third-order valence-corrected chi connectivity index (χ3v) is 13.0. The number of benzene rings is 6. The number of hydrogen-bond acceptors (Lipinski definition) is 1. The summed E-state index contributed by atoms with van der Waals surface area (Å²) in [5.74, 6) is 0. The largest absolute Gasteiger partial charge is 0.379 e. The third-order valence-electron chi connectivity index (χ3n) is 13.0. The summed E-state index contributed by atoms with van der Waals surface area (Å²) in [6.45, 7) is 6.94. The quantitative estimate of drug-likeness (QED) is 0.190. The van der Waals surface area contributed by atoms with Gasteiger partial charge in [-0.15, -0.1) is 0 Å². The summed E-state index contributed by atoms with van der Waals surface area (Å²) in [7, 11) is 0. The molecule has 0 radical (unpaired) electrons. The van der Waals surface area contributed by atoms with Gasteiger partial charge in [-0.1, -0.05) is 86.1 Å². The number of aliphatic hydroxyl groups is 1. The van der Waals surface area contributed by atoms with Crippen LogP contribution in [-0.2, 0) is 42.1 Å². The molecule has 8 bridgehead atoms. The molecule has 11 rings (SSSR count). The average molecular weight is 581 g/mol. The van der Waals surface area contributed by atoms with Gasteiger partial charge < -0.3 is 5.11 Å². The molecule has 1 N–H and O–H groups in total. The Kier molecular flexibility index (Phi) is 4.33. The third kappa shape index (κ3) is 2.34. The zero-order valence-electron chi connectivity index (χ0n) is 26.3. The smallest absolute Gasteiger partial charge is 0.132 e. The van der Waals surface area contributed by atoms with Crippen LogP contribution in [0.2, 0.25) is 0 Å². The van der Waals surface area contributed by atoms with Gasteiger partial charge in [0.1, 0.15) is 5.60 Å². The maximum absolute atomic E-state index is 14.1. The van der Waals surface area contributed by atoms with E-state index >= 15 is 0 Å². The summed E-state index contributed by atoms with van der Waals surface area (Å²) in [5, 5.41) is 19.5. The zero-order valence-corrected chi connectivity index (χ0v) is 26.3. The standard InChI is InChI=1S/C44H36O/c1-4-19-42-34-22-32-30-20-24(2)36-37-25(3)21-31-29(18-16-27-13-9-6-10-14-27)39-35(42)23-33(31)41(37)44(45,40(32)36)43(39,42)38(34)28(30)17-15-26-11-7-5-8-12-26/h5-14,20-23,45H,4,15-19H2,1-3H3. The summed E-state index contributed by atoms with van der Waals surface area (Å²) in [5.41, 5.74) is 17.9. The van der Waals surface area contributed by atoms with Crippen molar-refractivity contribution in [2.24, 2.45) is 0 Å². The highest BCUT2D eigenvalue weighted by Gasteiger charge is 2.84. The topological polar surface area (TPSA) is 20.2 Å². The first-order valence-electron chi connectivity index (χ1n) is 17.1. The second kappa shape index (κ2) is 7.77. The molecule has 1 heteroatoms. The van der Waals surface area contributed by atoms with E-state index in [-0.39, 0.29) is 5.41 Å². The van der Waals surface area contributed by atoms with Gasteiger partial charge in [0.25, 0.3) is 0 Å². The fourth-order valence-corrected chi connectivity index (χ4v) is 11.7. The van der Waals surface area contributed by atoms with Gasteiger partial charge in [-0.25, -0.2) is 0 Å². The highest BCUT2D eigenvalue weighted by atomic mass is 16.3. The highest BCUT2D eigenvalue weighted by molar-refractivity contribution is 6.14. The lowest BCUT2D eigenvalue weighted by Gasteiger charge is -2.73. The monoisotopic (exact) mass is 580 g/mol. The molecule has 1 nitrogen and oxygen atoms in total. The molecule has 0 heterocycles. The minimum atomic E-state index is -1.04. The molecular formula is C44H36O. The first-order chi connectivity index (χ1) is 22.0. The van der Waals surface area contributed by atoms with E-state index in [2.05, 4.69) is 106 Å². The molecule has 1 spiro atoms. The maximum Gasteiger partial charge on any atom is 0.132 e. The normalized spacial score (nSPS) is 24.4. The molecule has 0 saturated heterocycles. The van der Waals surface area contributed by atoms with Crippen LogP contribution in [0.1, 0.15) is 86.5 Å². The van der Waals surface area contributed by atoms with Crippen molar-refractivity contribution in [3.05, 3.63) is 152 Å². The van der Waals surface area contributed by atoms with E-state index in [9.17, 15) is 5.11 Å². The van der Waals surface area contributed by atoms with Crippen LogP contribution in [0.25, 0.3) is 32.7 Å². The minimum absolute atomic E-state index is 0.120. The lowest BCUT2D eigenvalue weighted by molar-refractivity contribution is -0.0536. The van der Waals surface area contributed by atoms with Gasteiger partial charge in [0.2, 0.25) is 0 Å². The Morgan fingerprint density at radius 1 is 0.556 bits per heavy atom. The molecule has 0 fully saturated rings. The summed E-state index contributed by atoms with van der Waals surface area (Å²) in [6.07, 6.45) is 6.24. The molecule has 0 saturated carbocycles. The van der Waals surface area contributed by atoms with Gasteiger partial charge in [0.15, 0.2) is 0 Å². The Hall–Kier alpha value is -4.20. The van der Waals surface area contributed by atoms with Crippen molar-refractivity contribution in [1.82, 2.24) is 0 Å². The Labute approximate surface area is 264 Å². The van der Waals surface area contributed by atoms with Gasteiger partial charge in [-0.2, -0.15) is 0 Å². The molecule has 45 heavy (non-hydrogen) atoms. The van der Waals surface area contributed by atoms with Crippen LogP contribution in [0.15, 0.2) is 84.9 Å². The van der Waals surface area contributed by atoms with Gasteiger partial charge in [0.05, 0.1) is 5.41 Å². The van der Waals surface area contributed by atoms with E-state index < -0.39 is 11.0 Å². The fourth-order valence-electron chi connectivity index (χ4n) is 11.7. The van der Waals surface area contributed by atoms with E-state index in [4.69, 9.17) is 0 Å². The van der Waals surface area contributed by atoms with E-state index in [1.165, 1.54) is 99.4 Å². The van der Waals surface area contributed by atoms with E-state index in [0.717, 1.165) is 38.5 Å². The SMILES string of the molecule is CCCC12c3cc4c5c6c(C)cc4c(CCc4ccccc4)c3C13c1c2cc2c(c-6c(C)cc2c1CCc1ccccc1)C53O. The molecular weight excluding hydrogens is 544 g/mol. The van der Waals surface area contributed by atoms with Gasteiger partial charge >= 0.3 is 0 Å². The first kappa shape index (κ1) is 25.0. The van der Waals surface area contributed by atoms with Gasteiger partial charge in [-0.05, 0) is 146 Å². The Morgan fingerprint density at radius 2 is 1.02 bits per heavy atom. The summed E-state index contributed by atoms with van der Waals surface area (Å²) >= 11 is 0. The second-order valence-electron chi connectivity index (χ2n) is 14.7. The van der Waals surface area contributed by atoms with Crippen molar-refractivity contribution >= 4 is 21.5 Å². The zero-order chi connectivity index (χ0) is 30.0. The Bertz CT molecular complexity index is 2200. The molecule has 0 unspecified atom stereocenters. The van der Waals surface area contributed by atoms with E-state index in [0.29, 0.717) is 0 Å². The highest BCUT2D eigenvalue weighted by Crippen LogP contribution is 2.86. The summed E-state index contributed by atoms with van der Waals surface area (Å²) in [6, 6.07) is 32.1. The average Bonchev–Trinajstić information content (AvgIpc) is 3.07. The van der Waals surface area contributed by atoms with Crippen LogP contribution in [0.3, 0.4) is 0 Å². The Morgan fingerprint density at radius 3 is 1.47 bits per heavy atom. The summed E-state index contributed by atoms with van der Waals surface area (Å²) in [4.78, 5) is 0. The number of fused-ring (bicyclic) bond motifs is 3. The van der Waals surface area contributed by atoms with Crippen molar-refractivity contribution in [2.75, 3.05) is 0 Å². The molecule has 5 aliphatic carbocycles. The molecule has 6 aromatic carbocycles. The molecule has 0 atom stereocenters. The van der Waals surface area contributed by atoms with Crippen LogP contribution in [0.5, 0.6) is 0 Å². The molecule has 0 aromatic heterocycles. The van der Waals surface area contributed by atoms with Crippen LogP contribution in [0, 0.1) is 13.8 Å². The van der Waals surface area contributed by atoms with Crippen molar-refractivity contribution in [1.29, 1.82) is 0 Å². The van der Waals surface area contributed by atoms with E-state index in [1.807, 2.05) is 0 Å². The summed E-state index contributed by atoms with van der Waals surface area (Å²) < 4.78 is 0. The van der Waals surface area contributed by atoms with Gasteiger partial charge in [-0.3, -0.25) is 0 Å². The Balaban J connectivity index is 1.28. The lowest BCUT2D eigenvalue weighted by Crippen LogP contribution is -2.75. The van der Waals surface area contributed by atoms with Crippen molar-refractivity contribution < 1.29 is 5.11 Å². The number of aryl methyl sites for hydroxylation is 6. The van der Waals surface area contributed by atoms with Crippen molar-refractivity contribution in [3.8, 4) is 11.1 Å². The van der Waals surface area contributed by atoms with Gasteiger partial charge in [0, 0.05) is 16.5 Å². The fraction of sp³-hybridized carbons (Fsp3) is 0.273. The van der Waals surface area contributed by atoms with Crippen LogP contribution < -0.4 is 0 Å². The van der Waals surface area contributed by atoms with E-state index in [1.54, 1.807) is 0 Å². The molecule has 0 aliphatic heterocycles. The maximum atomic E-state index is 14.1. The first-order valence-corrected chi connectivity index (χ1v) is 17.1. The predicted octanol–water partition coefficient (Wildman–Crippen LogP) is 9.42. The molecule has 6 aromatic rings. The minimum Gasteiger partial charge on any atom is -0.379 e. The van der Waals surface area contributed by atoms with Crippen molar-refractivity contribution in [2.45, 2.75) is 75.7 Å². The second-order valence-corrected chi connectivity index (χ2v) is 14.7. The molecule has 5 aliphatic rings. The van der Waals surface area contributed by atoms with Crippen LogP contribution >= 0.6 is 0 Å². The molecule has 218 valence electrons. The van der Waals surface area contributed by atoms with Crippen LogP contribution in [-0.4, -0.2) is 5.11 Å². The number of hydrogen-bond donors (Lipinski definition) is 1. The van der Waals surface area contributed by atoms with Crippen molar-refractivity contribution in [3.63, 3.8) is 0 Å². The molecule has 0 amide bonds.